The van der Waals surface area contributed by atoms with E-state index in [1.165, 1.54) is 74.5 Å². The van der Waals surface area contributed by atoms with Gasteiger partial charge in [-0.25, -0.2) is 4.57 Å². The van der Waals surface area contributed by atoms with Crippen molar-refractivity contribution in [3.8, 4) is 28.5 Å². The lowest BCUT2D eigenvalue weighted by atomic mass is 9.70. The predicted octanol–water partition coefficient (Wildman–Crippen LogP) is 10.1. The summed E-state index contributed by atoms with van der Waals surface area (Å²) in [5, 5.41) is 12.3. The van der Waals surface area contributed by atoms with Gasteiger partial charge in [-0.15, -0.1) is 0 Å². The number of aryl methyl sites for hydroxylation is 3. The smallest absolute Gasteiger partial charge is 0.216 e. The van der Waals surface area contributed by atoms with E-state index in [0.717, 1.165) is 56.2 Å². The van der Waals surface area contributed by atoms with E-state index in [2.05, 4.69) is 92.3 Å². The van der Waals surface area contributed by atoms with E-state index in [1.807, 2.05) is 6.07 Å². The molecule has 0 bridgehead atoms. The molecule has 7 rings (SSSR count). The van der Waals surface area contributed by atoms with Gasteiger partial charge < -0.3 is 4.42 Å². The van der Waals surface area contributed by atoms with E-state index in [9.17, 15) is 5.26 Å². The molecule has 5 aromatic rings. The molecule has 0 N–H and O–H groups in total. The van der Waals surface area contributed by atoms with Crippen molar-refractivity contribution in [2.24, 2.45) is 18.9 Å². The Morgan fingerprint density at radius 2 is 1.38 bits per heavy atom. The van der Waals surface area contributed by atoms with Gasteiger partial charge in [0.1, 0.15) is 18.2 Å². The largest absolute Gasteiger partial charge is 0.454 e. The van der Waals surface area contributed by atoms with Crippen molar-refractivity contribution in [3.05, 3.63) is 89.1 Å². The lowest BCUT2D eigenvalue weighted by Crippen LogP contribution is -2.31. The van der Waals surface area contributed by atoms with Gasteiger partial charge in [0.2, 0.25) is 5.69 Å². The first-order valence-electron chi connectivity index (χ1n) is 16.0. The van der Waals surface area contributed by atoms with Gasteiger partial charge in [-0.3, -0.25) is 0 Å². The predicted molar refractivity (Wildman–Crippen MR) is 171 cm³/mol. The first-order chi connectivity index (χ1) is 20.5. The quantitative estimate of drug-likeness (QED) is 0.208. The van der Waals surface area contributed by atoms with Crippen LogP contribution in [0.5, 0.6) is 0 Å². The zero-order valence-corrected chi connectivity index (χ0v) is 25.2. The first kappa shape index (κ1) is 27.0. The third-order valence-electron chi connectivity index (χ3n) is 10.4. The highest BCUT2D eigenvalue weighted by Crippen LogP contribution is 2.45. The van der Waals surface area contributed by atoms with Crippen molar-refractivity contribution in [1.82, 2.24) is 0 Å². The number of pyridine rings is 1. The molecule has 2 aliphatic carbocycles. The second-order valence-electron chi connectivity index (χ2n) is 13.0. The highest BCUT2D eigenvalue weighted by molar-refractivity contribution is 6.14. The number of rotatable bonds is 4. The molecule has 0 atom stereocenters. The Morgan fingerprint density at radius 1 is 0.714 bits per heavy atom. The second kappa shape index (κ2) is 11.1. The molecule has 3 aromatic carbocycles. The lowest BCUT2D eigenvalue weighted by Gasteiger charge is -2.36. The molecule has 0 aliphatic heterocycles. The number of nitriles is 1. The van der Waals surface area contributed by atoms with E-state index in [1.54, 1.807) is 0 Å². The Hall–Kier alpha value is -3.90. The molecule has 0 unspecified atom stereocenters. The third kappa shape index (κ3) is 4.72. The average Bonchev–Trinajstić information content (AvgIpc) is 3.40. The van der Waals surface area contributed by atoms with Crippen LogP contribution in [-0.2, 0) is 7.05 Å². The molecule has 0 amide bonds. The van der Waals surface area contributed by atoms with Crippen molar-refractivity contribution in [2.75, 3.05) is 0 Å². The van der Waals surface area contributed by atoms with Crippen LogP contribution in [-0.4, -0.2) is 0 Å². The minimum absolute atomic E-state index is 0.650. The number of hydrogen-bond acceptors (Lipinski definition) is 2. The molecule has 2 fully saturated rings. The van der Waals surface area contributed by atoms with Gasteiger partial charge in [0, 0.05) is 28.0 Å². The summed E-state index contributed by atoms with van der Waals surface area (Å²) in [4.78, 5) is 0. The van der Waals surface area contributed by atoms with Crippen LogP contribution in [0.1, 0.15) is 86.0 Å². The molecule has 2 heterocycles. The molecule has 2 saturated carbocycles. The number of furan rings is 1. The third-order valence-corrected chi connectivity index (χ3v) is 10.4. The standard InChI is InChI=1S/C39H41N2O/c1-25-9-22-35(41(3)24-25)36-26(2)10-20-33-34-21-19-32(23-40)37(39(34)42-38(33)36)31-17-15-30(16-18-31)29-13-11-28(12-14-29)27-7-5-4-6-8-27/h9-10,15-22,24,27-29H,4-8,11-14H2,1-3H3/q+1. The van der Waals surface area contributed by atoms with Crippen molar-refractivity contribution in [2.45, 2.75) is 77.6 Å². The van der Waals surface area contributed by atoms with Gasteiger partial charge >= 0.3 is 0 Å². The summed E-state index contributed by atoms with van der Waals surface area (Å²) in [5.74, 6) is 2.58. The molecule has 0 saturated heterocycles. The van der Waals surface area contributed by atoms with Gasteiger partial charge in [0.25, 0.3) is 0 Å². The second-order valence-corrected chi connectivity index (χ2v) is 13.0. The van der Waals surface area contributed by atoms with E-state index in [4.69, 9.17) is 4.42 Å². The van der Waals surface area contributed by atoms with Crippen LogP contribution in [0.4, 0.5) is 0 Å². The van der Waals surface area contributed by atoms with Gasteiger partial charge in [0.05, 0.1) is 17.2 Å². The van der Waals surface area contributed by atoms with Crippen LogP contribution in [0.25, 0.3) is 44.3 Å². The van der Waals surface area contributed by atoms with E-state index < -0.39 is 0 Å². The minimum atomic E-state index is 0.650. The number of nitrogens with zero attached hydrogens (tertiary/aromatic N) is 2. The maximum Gasteiger partial charge on any atom is 0.216 e. The first-order valence-corrected chi connectivity index (χ1v) is 16.0. The van der Waals surface area contributed by atoms with Gasteiger partial charge in [-0.05, 0) is 92.2 Å². The maximum atomic E-state index is 10.1. The average molecular weight is 554 g/mol. The fourth-order valence-electron chi connectivity index (χ4n) is 8.16. The Morgan fingerprint density at radius 3 is 2.07 bits per heavy atom. The van der Waals surface area contributed by atoms with E-state index >= 15 is 0 Å². The van der Waals surface area contributed by atoms with Crippen LogP contribution in [0.15, 0.2) is 71.3 Å². The monoisotopic (exact) mass is 553 g/mol. The number of fused-ring (bicyclic) bond motifs is 3. The lowest BCUT2D eigenvalue weighted by molar-refractivity contribution is -0.660. The van der Waals surface area contributed by atoms with Gasteiger partial charge in [-0.1, -0.05) is 68.5 Å². The normalized spacial score (nSPS) is 19.8. The minimum Gasteiger partial charge on any atom is -0.454 e. The molecule has 42 heavy (non-hydrogen) atoms. The topological polar surface area (TPSA) is 40.8 Å². The van der Waals surface area contributed by atoms with E-state index in [0.29, 0.717) is 11.5 Å². The molecule has 3 nitrogen and oxygen atoms in total. The van der Waals surface area contributed by atoms with Crippen molar-refractivity contribution < 1.29 is 8.98 Å². The highest BCUT2D eigenvalue weighted by Gasteiger charge is 2.29. The Balaban J connectivity index is 1.25. The van der Waals surface area contributed by atoms with Gasteiger partial charge in [-0.2, -0.15) is 5.26 Å². The number of benzene rings is 3. The summed E-state index contributed by atoms with van der Waals surface area (Å²) < 4.78 is 8.96. The van der Waals surface area contributed by atoms with Crippen LogP contribution in [0, 0.1) is 37.0 Å². The van der Waals surface area contributed by atoms with Crippen LogP contribution >= 0.6 is 0 Å². The summed E-state index contributed by atoms with van der Waals surface area (Å²) in [6.07, 6.45) is 14.8. The molecular formula is C39H41N2O+. The molecule has 2 aliphatic rings. The summed E-state index contributed by atoms with van der Waals surface area (Å²) in [6.45, 7) is 4.26. The zero-order chi connectivity index (χ0) is 28.8. The molecule has 2 aromatic heterocycles. The molecule has 212 valence electrons. The van der Waals surface area contributed by atoms with Crippen LogP contribution in [0.3, 0.4) is 0 Å². The molecule has 0 spiro atoms. The van der Waals surface area contributed by atoms with Crippen molar-refractivity contribution in [1.29, 1.82) is 5.26 Å². The maximum absolute atomic E-state index is 10.1. The Labute approximate surface area is 249 Å². The Kier molecular flexibility index (Phi) is 7.10. The Bertz CT molecular complexity index is 1810. The summed E-state index contributed by atoms with van der Waals surface area (Å²) in [5.41, 5.74) is 10.3. The zero-order valence-electron chi connectivity index (χ0n) is 25.2. The summed E-state index contributed by atoms with van der Waals surface area (Å²) >= 11 is 0. The fraction of sp³-hybridized carbons (Fsp3) is 0.385. The summed E-state index contributed by atoms with van der Waals surface area (Å²) in [6, 6.07) is 24.2. The SMILES string of the molecule is Cc1ccc(-c2c(C)ccc3c2oc2c(-c4ccc(C5CCC(C6CCCCC6)CC5)cc4)c(C#N)ccc23)[n+](C)c1. The fourth-order valence-corrected chi connectivity index (χ4v) is 8.16. The molecular weight excluding hydrogens is 512 g/mol. The number of hydrogen-bond donors (Lipinski definition) is 0. The van der Waals surface area contributed by atoms with E-state index in [-0.39, 0.29) is 0 Å². The molecule has 3 heteroatoms. The van der Waals surface area contributed by atoms with Crippen LogP contribution < -0.4 is 4.57 Å². The van der Waals surface area contributed by atoms with Crippen molar-refractivity contribution in [3.63, 3.8) is 0 Å². The summed E-state index contributed by atoms with van der Waals surface area (Å²) in [7, 11) is 2.09. The van der Waals surface area contributed by atoms with Gasteiger partial charge in [0.15, 0.2) is 6.20 Å². The van der Waals surface area contributed by atoms with Crippen LogP contribution in [0.2, 0.25) is 0 Å². The number of aromatic nitrogens is 1. The highest BCUT2D eigenvalue weighted by atomic mass is 16.3. The molecule has 0 radical (unpaired) electrons. The van der Waals surface area contributed by atoms with Crippen molar-refractivity contribution >= 4 is 21.9 Å².